The van der Waals surface area contributed by atoms with Crippen LogP contribution >= 0.6 is 0 Å². The molecule has 2 aromatic heterocycles. The van der Waals surface area contributed by atoms with Crippen LogP contribution in [0.1, 0.15) is 39.4 Å². The highest BCUT2D eigenvalue weighted by atomic mass is 32.2. The van der Waals surface area contributed by atoms with Crippen LogP contribution < -0.4 is 4.72 Å². The van der Waals surface area contributed by atoms with Crippen molar-refractivity contribution in [3.63, 3.8) is 0 Å². The van der Waals surface area contributed by atoms with E-state index in [0.717, 1.165) is 16.6 Å². The Hall–Kier alpha value is -1.11. The minimum atomic E-state index is -1.11. The van der Waals surface area contributed by atoms with Crippen LogP contribution in [0.5, 0.6) is 0 Å². The van der Waals surface area contributed by atoms with Gasteiger partial charge < -0.3 is 4.55 Å². The summed E-state index contributed by atoms with van der Waals surface area (Å²) in [5.41, 5.74) is 1.87. The van der Waals surface area contributed by atoms with Crippen molar-refractivity contribution in [1.82, 2.24) is 19.5 Å². The van der Waals surface area contributed by atoms with Crippen molar-refractivity contribution in [2.45, 2.75) is 38.5 Å². The summed E-state index contributed by atoms with van der Waals surface area (Å²) in [6.07, 6.45) is 3.61. The van der Waals surface area contributed by atoms with Crippen LogP contribution in [-0.2, 0) is 18.4 Å². The van der Waals surface area contributed by atoms with Crippen LogP contribution in [-0.4, -0.2) is 24.1 Å². The Morgan fingerprint density at radius 1 is 1.37 bits per heavy atom. The fourth-order valence-electron chi connectivity index (χ4n) is 1.70. The molecule has 0 spiro atoms. The van der Waals surface area contributed by atoms with Gasteiger partial charge in [-0.1, -0.05) is 0 Å². The number of aromatic nitrogens is 3. The zero-order valence-electron chi connectivity index (χ0n) is 12.0. The minimum Gasteiger partial charge on any atom is -0.598 e. The highest BCUT2D eigenvalue weighted by Crippen LogP contribution is 2.21. The minimum absolute atomic E-state index is 0.0651. The average molecular weight is 280 g/mol. The molecule has 0 fully saturated rings. The third-order valence-electron chi connectivity index (χ3n) is 2.94. The van der Waals surface area contributed by atoms with Gasteiger partial charge in [0.25, 0.3) is 0 Å². The monoisotopic (exact) mass is 280 g/mol. The molecule has 0 aliphatic carbocycles. The van der Waals surface area contributed by atoms with E-state index in [2.05, 4.69) is 14.8 Å². The summed E-state index contributed by atoms with van der Waals surface area (Å²) >= 11 is -1.11. The van der Waals surface area contributed by atoms with Crippen molar-refractivity contribution in [3.05, 3.63) is 24.2 Å². The Kier molecular flexibility index (Phi) is 3.85. The first kappa shape index (κ1) is 14.3. The molecule has 2 atom stereocenters. The highest BCUT2D eigenvalue weighted by Gasteiger charge is 2.28. The standard InChI is InChI=1S/C13H20N4OS/c1-9(16-19(18)13(2,3)4)11-6-10-7-15-17(5)12(10)8-14-11/h6-9,16H,1-5H3. The molecule has 0 saturated heterocycles. The fourth-order valence-corrected chi connectivity index (χ4v) is 2.50. The summed E-state index contributed by atoms with van der Waals surface area (Å²) < 4.78 is 16.7. The second-order valence-electron chi connectivity index (χ2n) is 5.66. The first-order valence-electron chi connectivity index (χ1n) is 6.25. The molecule has 2 heterocycles. The Balaban J connectivity index is 2.19. The number of pyridine rings is 1. The molecule has 2 aromatic rings. The van der Waals surface area contributed by atoms with Crippen LogP contribution in [0.25, 0.3) is 10.9 Å². The molecule has 2 unspecified atom stereocenters. The molecular weight excluding hydrogens is 260 g/mol. The van der Waals surface area contributed by atoms with Crippen LogP contribution in [0.4, 0.5) is 0 Å². The summed E-state index contributed by atoms with van der Waals surface area (Å²) in [5.74, 6) is 0. The molecule has 0 radical (unpaired) electrons. The summed E-state index contributed by atoms with van der Waals surface area (Å²) in [7, 11) is 1.89. The van der Waals surface area contributed by atoms with Crippen LogP contribution in [0, 0.1) is 0 Å². The van der Waals surface area contributed by atoms with Gasteiger partial charge in [0.15, 0.2) is 0 Å². The van der Waals surface area contributed by atoms with Crippen LogP contribution in [0.15, 0.2) is 18.5 Å². The number of aryl methyl sites for hydroxylation is 1. The molecule has 0 aromatic carbocycles. The Morgan fingerprint density at radius 2 is 2.05 bits per heavy atom. The summed E-state index contributed by atoms with van der Waals surface area (Å²) in [6, 6.07) is 1.92. The maximum atomic E-state index is 12.1. The molecule has 0 amide bonds. The molecule has 104 valence electrons. The summed E-state index contributed by atoms with van der Waals surface area (Å²) in [5, 5.41) is 5.24. The lowest BCUT2D eigenvalue weighted by atomic mass is 10.2. The smallest absolute Gasteiger partial charge is 0.136 e. The third-order valence-corrected chi connectivity index (χ3v) is 4.62. The Labute approximate surface area is 116 Å². The molecule has 1 N–H and O–H groups in total. The topological polar surface area (TPSA) is 65.8 Å². The lowest BCUT2D eigenvalue weighted by Gasteiger charge is -2.26. The van der Waals surface area contributed by atoms with Gasteiger partial charge in [0, 0.05) is 23.8 Å². The van der Waals surface area contributed by atoms with E-state index in [1.165, 1.54) is 0 Å². The van der Waals surface area contributed by atoms with Crippen molar-refractivity contribution >= 4 is 22.3 Å². The maximum Gasteiger partial charge on any atom is 0.136 e. The fraction of sp³-hybridized carbons (Fsp3) is 0.538. The highest BCUT2D eigenvalue weighted by molar-refractivity contribution is 7.90. The SMILES string of the molecule is CC(N[S+]([O-])C(C)(C)C)c1cc2cnn(C)c2cn1. The van der Waals surface area contributed by atoms with Gasteiger partial charge in [-0.15, -0.1) is 4.72 Å². The van der Waals surface area contributed by atoms with E-state index in [-0.39, 0.29) is 10.8 Å². The van der Waals surface area contributed by atoms with E-state index in [1.54, 1.807) is 10.9 Å². The molecule has 0 aliphatic rings. The van der Waals surface area contributed by atoms with E-state index in [0.29, 0.717) is 0 Å². The molecule has 5 nitrogen and oxygen atoms in total. The van der Waals surface area contributed by atoms with Crippen molar-refractivity contribution in [2.24, 2.45) is 7.05 Å². The lowest BCUT2D eigenvalue weighted by Crippen LogP contribution is -2.40. The van der Waals surface area contributed by atoms with Crippen molar-refractivity contribution in [3.8, 4) is 0 Å². The third kappa shape index (κ3) is 3.08. The Bertz CT molecular complexity index is 576. The number of fused-ring (bicyclic) bond motifs is 1. The van der Waals surface area contributed by atoms with E-state index in [4.69, 9.17) is 0 Å². The quantitative estimate of drug-likeness (QED) is 0.874. The molecule has 0 aliphatic heterocycles. The first-order valence-corrected chi connectivity index (χ1v) is 7.39. The van der Waals surface area contributed by atoms with E-state index >= 15 is 0 Å². The molecule has 2 rings (SSSR count). The first-order chi connectivity index (χ1) is 8.79. The largest absolute Gasteiger partial charge is 0.598 e. The number of nitrogens with zero attached hydrogens (tertiary/aromatic N) is 3. The normalized spacial score (nSPS) is 15.7. The number of rotatable bonds is 3. The van der Waals surface area contributed by atoms with Gasteiger partial charge in [-0.2, -0.15) is 5.10 Å². The molecule has 19 heavy (non-hydrogen) atoms. The number of hydrogen-bond donors (Lipinski definition) is 1. The van der Waals surface area contributed by atoms with Gasteiger partial charge >= 0.3 is 0 Å². The molecule has 0 bridgehead atoms. The maximum absolute atomic E-state index is 12.1. The Morgan fingerprint density at radius 3 is 2.68 bits per heavy atom. The predicted octanol–water partition coefficient (Wildman–Crippen LogP) is 2.08. The van der Waals surface area contributed by atoms with Gasteiger partial charge in [-0.05, 0) is 33.8 Å². The van der Waals surface area contributed by atoms with E-state index < -0.39 is 11.4 Å². The van der Waals surface area contributed by atoms with Gasteiger partial charge in [0.1, 0.15) is 4.75 Å². The van der Waals surface area contributed by atoms with Gasteiger partial charge in [0.2, 0.25) is 0 Å². The molecule has 6 heteroatoms. The van der Waals surface area contributed by atoms with Gasteiger partial charge in [0.05, 0.1) is 29.6 Å². The van der Waals surface area contributed by atoms with Crippen LogP contribution in [0.2, 0.25) is 0 Å². The zero-order chi connectivity index (χ0) is 14.2. The number of nitrogens with one attached hydrogen (secondary N) is 1. The van der Waals surface area contributed by atoms with Crippen molar-refractivity contribution < 1.29 is 4.55 Å². The summed E-state index contributed by atoms with van der Waals surface area (Å²) in [6.45, 7) is 7.80. The predicted molar refractivity (Wildman–Crippen MR) is 78.0 cm³/mol. The second kappa shape index (κ2) is 5.11. The second-order valence-corrected chi connectivity index (χ2v) is 7.65. The summed E-state index contributed by atoms with van der Waals surface area (Å²) in [4.78, 5) is 4.42. The molecular formula is C13H20N4OS. The zero-order valence-corrected chi connectivity index (χ0v) is 12.8. The van der Waals surface area contributed by atoms with Gasteiger partial charge in [-0.25, -0.2) is 0 Å². The van der Waals surface area contributed by atoms with Crippen molar-refractivity contribution in [1.29, 1.82) is 0 Å². The lowest BCUT2D eigenvalue weighted by molar-refractivity contribution is 0.529. The van der Waals surface area contributed by atoms with E-state index in [9.17, 15) is 4.55 Å². The van der Waals surface area contributed by atoms with Crippen molar-refractivity contribution in [2.75, 3.05) is 0 Å². The van der Waals surface area contributed by atoms with Crippen LogP contribution in [0.3, 0.4) is 0 Å². The van der Waals surface area contributed by atoms with Gasteiger partial charge in [-0.3, -0.25) is 9.67 Å². The number of hydrogen-bond acceptors (Lipinski definition) is 4. The average Bonchev–Trinajstić information content (AvgIpc) is 2.69. The molecule has 0 saturated carbocycles. The van der Waals surface area contributed by atoms with E-state index in [1.807, 2.05) is 47.0 Å².